The molecule has 2 atom stereocenters. The lowest BCUT2D eigenvalue weighted by Crippen LogP contribution is -2.46. The van der Waals surface area contributed by atoms with Crippen LogP contribution in [0.5, 0.6) is 0 Å². The van der Waals surface area contributed by atoms with Crippen molar-refractivity contribution < 1.29 is 9.59 Å². The molecule has 2 aliphatic rings. The summed E-state index contributed by atoms with van der Waals surface area (Å²) in [6.45, 7) is 2.62. The van der Waals surface area contributed by atoms with Crippen LogP contribution in [0.1, 0.15) is 48.2 Å². The van der Waals surface area contributed by atoms with Gasteiger partial charge in [-0.25, -0.2) is 4.98 Å². The zero-order valence-electron chi connectivity index (χ0n) is 16.0. The molecule has 4 rings (SSSR count). The summed E-state index contributed by atoms with van der Waals surface area (Å²) in [7, 11) is 0. The normalized spacial score (nSPS) is 24.6. The quantitative estimate of drug-likeness (QED) is 0.846. The summed E-state index contributed by atoms with van der Waals surface area (Å²) in [4.78, 5) is 32.2. The molecule has 5 nitrogen and oxygen atoms in total. The van der Waals surface area contributed by atoms with Crippen molar-refractivity contribution in [2.45, 2.75) is 45.1 Å². The Morgan fingerprint density at radius 1 is 1.25 bits per heavy atom. The van der Waals surface area contributed by atoms with Gasteiger partial charge >= 0.3 is 0 Å². The minimum atomic E-state index is -0.393. The first-order valence-corrected chi connectivity index (χ1v) is 10.2. The number of rotatable bonds is 3. The van der Waals surface area contributed by atoms with E-state index in [-0.39, 0.29) is 17.9 Å². The van der Waals surface area contributed by atoms with Crippen molar-refractivity contribution in [3.05, 3.63) is 58.7 Å². The van der Waals surface area contributed by atoms with E-state index in [1.807, 2.05) is 30.0 Å². The number of anilines is 1. The van der Waals surface area contributed by atoms with Gasteiger partial charge in [0.25, 0.3) is 5.91 Å². The average Bonchev–Trinajstić information content (AvgIpc) is 2.97. The number of halogens is 1. The van der Waals surface area contributed by atoms with Crippen LogP contribution in [-0.2, 0) is 4.79 Å². The molecular formula is C22H24ClN3O2. The zero-order valence-corrected chi connectivity index (χ0v) is 16.7. The standard InChI is InChI=1S/C22H24ClN3O2/c1-15-5-2-9-19(24-15)26-12-11-22(21(26)28)10-4-8-18(14-22)25-20(27)16-6-3-7-17(23)13-16/h2-3,5-7,9,13,18H,4,8,10-12,14H2,1H3,(H,25,27). The Balaban J connectivity index is 1.47. The first-order valence-electron chi connectivity index (χ1n) is 9.79. The predicted molar refractivity (Wildman–Crippen MR) is 110 cm³/mol. The van der Waals surface area contributed by atoms with Gasteiger partial charge in [-0.3, -0.25) is 14.5 Å². The predicted octanol–water partition coefficient (Wildman–Crippen LogP) is 4.14. The van der Waals surface area contributed by atoms with E-state index in [0.29, 0.717) is 23.6 Å². The fourth-order valence-electron chi connectivity index (χ4n) is 4.52. The topological polar surface area (TPSA) is 62.3 Å². The zero-order chi connectivity index (χ0) is 19.7. The summed E-state index contributed by atoms with van der Waals surface area (Å²) in [6, 6.07) is 12.7. The van der Waals surface area contributed by atoms with Gasteiger partial charge in [0.15, 0.2) is 0 Å². The molecular weight excluding hydrogens is 374 g/mol. The summed E-state index contributed by atoms with van der Waals surface area (Å²) in [5, 5.41) is 3.66. The fourth-order valence-corrected chi connectivity index (χ4v) is 4.71. The Morgan fingerprint density at radius 3 is 2.86 bits per heavy atom. The monoisotopic (exact) mass is 397 g/mol. The third-order valence-electron chi connectivity index (χ3n) is 5.93. The lowest BCUT2D eigenvalue weighted by Gasteiger charge is -2.36. The minimum absolute atomic E-state index is 0.00500. The number of benzene rings is 1. The molecule has 1 saturated heterocycles. The fraction of sp³-hybridized carbons (Fsp3) is 0.409. The molecule has 1 aliphatic carbocycles. The molecule has 0 bridgehead atoms. The van der Waals surface area contributed by atoms with Crippen molar-refractivity contribution in [2.75, 3.05) is 11.4 Å². The molecule has 2 aromatic rings. The number of hydrogen-bond donors (Lipinski definition) is 1. The van der Waals surface area contributed by atoms with E-state index in [1.54, 1.807) is 24.3 Å². The van der Waals surface area contributed by atoms with Crippen LogP contribution in [0.3, 0.4) is 0 Å². The SMILES string of the molecule is Cc1cccc(N2CCC3(CCCC(NC(=O)c4cccc(Cl)c4)C3)C2=O)n1. The summed E-state index contributed by atoms with van der Waals surface area (Å²) in [5.74, 6) is 0.742. The minimum Gasteiger partial charge on any atom is -0.349 e. The highest BCUT2D eigenvalue weighted by Gasteiger charge is 2.50. The van der Waals surface area contributed by atoms with Gasteiger partial charge in [-0.15, -0.1) is 0 Å². The van der Waals surface area contributed by atoms with Gasteiger partial charge in [-0.1, -0.05) is 30.2 Å². The smallest absolute Gasteiger partial charge is 0.251 e. The summed E-state index contributed by atoms with van der Waals surface area (Å²) >= 11 is 6.00. The molecule has 1 spiro atoms. The molecule has 2 amide bonds. The molecule has 2 fully saturated rings. The molecule has 1 aromatic carbocycles. The second-order valence-corrected chi connectivity index (χ2v) is 8.34. The molecule has 1 saturated carbocycles. The van der Waals surface area contributed by atoms with Crippen LogP contribution < -0.4 is 10.2 Å². The number of carbonyl (C=O) groups is 2. The highest BCUT2D eigenvalue weighted by atomic mass is 35.5. The third-order valence-corrected chi connectivity index (χ3v) is 6.17. The number of amides is 2. The summed E-state index contributed by atoms with van der Waals surface area (Å²) in [5.41, 5.74) is 1.06. The maximum Gasteiger partial charge on any atom is 0.251 e. The molecule has 1 aromatic heterocycles. The number of carbonyl (C=O) groups excluding carboxylic acids is 2. The molecule has 1 aliphatic heterocycles. The number of aryl methyl sites for hydroxylation is 1. The molecule has 0 radical (unpaired) electrons. The van der Waals surface area contributed by atoms with Gasteiger partial charge < -0.3 is 5.32 Å². The van der Waals surface area contributed by atoms with Gasteiger partial charge in [0.1, 0.15) is 5.82 Å². The van der Waals surface area contributed by atoms with E-state index in [2.05, 4.69) is 10.3 Å². The molecule has 6 heteroatoms. The van der Waals surface area contributed by atoms with Gasteiger partial charge in [0, 0.05) is 28.9 Å². The van der Waals surface area contributed by atoms with Crippen molar-refractivity contribution in [1.29, 1.82) is 0 Å². The molecule has 2 heterocycles. The number of hydrogen-bond acceptors (Lipinski definition) is 3. The van der Waals surface area contributed by atoms with E-state index in [0.717, 1.165) is 37.2 Å². The van der Waals surface area contributed by atoms with Crippen molar-refractivity contribution >= 4 is 29.2 Å². The first kappa shape index (κ1) is 18.9. The third kappa shape index (κ3) is 3.63. The molecule has 2 unspecified atom stereocenters. The van der Waals surface area contributed by atoms with Crippen LogP contribution in [0.4, 0.5) is 5.82 Å². The number of nitrogens with zero attached hydrogens (tertiary/aromatic N) is 2. The maximum absolute atomic E-state index is 13.3. The Labute approximate surface area is 170 Å². The van der Waals surface area contributed by atoms with Crippen molar-refractivity contribution in [3.63, 3.8) is 0 Å². The average molecular weight is 398 g/mol. The summed E-state index contributed by atoms with van der Waals surface area (Å²) in [6.07, 6.45) is 4.19. The van der Waals surface area contributed by atoms with Crippen LogP contribution in [0.15, 0.2) is 42.5 Å². The van der Waals surface area contributed by atoms with Crippen LogP contribution in [0, 0.1) is 12.3 Å². The Morgan fingerprint density at radius 2 is 2.07 bits per heavy atom. The van der Waals surface area contributed by atoms with Crippen LogP contribution in [-0.4, -0.2) is 29.4 Å². The molecule has 1 N–H and O–H groups in total. The Kier molecular flexibility index (Phi) is 5.11. The number of pyridine rings is 1. The molecule has 146 valence electrons. The second kappa shape index (κ2) is 7.55. The highest BCUT2D eigenvalue weighted by molar-refractivity contribution is 6.30. The van der Waals surface area contributed by atoms with Gasteiger partial charge in [-0.05, 0) is 62.9 Å². The number of aromatic nitrogens is 1. The lowest BCUT2D eigenvalue weighted by molar-refractivity contribution is -0.127. The van der Waals surface area contributed by atoms with E-state index in [9.17, 15) is 9.59 Å². The van der Waals surface area contributed by atoms with E-state index < -0.39 is 5.41 Å². The largest absolute Gasteiger partial charge is 0.349 e. The van der Waals surface area contributed by atoms with Crippen LogP contribution in [0.25, 0.3) is 0 Å². The lowest BCUT2D eigenvalue weighted by atomic mass is 9.71. The van der Waals surface area contributed by atoms with Crippen molar-refractivity contribution in [1.82, 2.24) is 10.3 Å². The van der Waals surface area contributed by atoms with Crippen molar-refractivity contribution in [2.24, 2.45) is 5.41 Å². The van der Waals surface area contributed by atoms with Crippen LogP contribution in [0.2, 0.25) is 5.02 Å². The number of nitrogens with one attached hydrogen (secondary N) is 1. The van der Waals surface area contributed by atoms with E-state index >= 15 is 0 Å². The summed E-state index contributed by atoms with van der Waals surface area (Å²) < 4.78 is 0. The van der Waals surface area contributed by atoms with E-state index in [4.69, 9.17) is 11.6 Å². The Bertz CT molecular complexity index is 916. The van der Waals surface area contributed by atoms with E-state index in [1.165, 1.54) is 0 Å². The van der Waals surface area contributed by atoms with Crippen molar-refractivity contribution in [3.8, 4) is 0 Å². The maximum atomic E-state index is 13.3. The second-order valence-electron chi connectivity index (χ2n) is 7.90. The highest BCUT2D eigenvalue weighted by Crippen LogP contribution is 2.45. The first-order chi connectivity index (χ1) is 13.5. The van der Waals surface area contributed by atoms with Gasteiger partial charge in [-0.2, -0.15) is 0 Å². The van der Waals surface area contributed by atoms with Gasteiger partial charge in [0.05, 0.1) is 5.41 Å². The van der Waals surface area contributed by atoms with Gasteiger partial charge in [0.2, 0.25) is 5.91 Å². The molecule has 28 heavy (non-hydrogen) atoms. The van der Waals surface area contributed by atoms with Crippen LogP contribution >= 0.6 is 11.6 Å². The Hall–Kier alpha value is -2.40.